The van der Waals surface area contributed by atoms with Gasteiger partial charge < -0.3 is 19.7 Å². The van der Waals surface area contributed by atoms with Crippen molar-refractivity contribution in [3.63, 3.8) is 0 Å². The van der Waals surface area contributed by atoms with Gasteiger partial charge >= 0.3 is 0 Å². The fourth-order valence-corrected chi connectivity index (χ4v) is 4.44. The van der Waals surface area contributed by atoms with Crippen molar-refractivity contribution in [2.45, 2.75) is 57.2 Å². The highest BCUT2D eigenvalue weighted by Gasteiger charge is 2.38. The summed E-state index contributed by atoms with van der Waals surface area (Å²) in [5, 5.41) is 3.50. The topological polar surface area (TPSA) is 46.1 Å². The Bertz CT molecular complexity index is 622. The Kier molecular flexibility index (Phi) is 6.86. The molecule has 0 radical (unpaired) electrons. The molecule has 5 nitrogen and oxygen atoms in total. The van der Waals surface area contributed by atoms with E-state index in [2.05, 4.69) is 47.5 Å². The third-order valence-corrected chi connectivity index (χ3v) is 6.24. The van der Waals surface area contributed by atoms with E-state index in [1.165, 1.54) is 18.4 Å². The highest BCUT2D eigenvalue weighted by atomic mass is 16.5. The lowest BCUT2D eigenvalue weighted by atomic mass is 10.1. The number of nitrogens with one attached hydrogen (secondary N) is 1. The van der Waals surface area contributed by atoms with Crippen LogP contribution in [0.3, 0.4) is 0 Å². The molecule has 5 heteroatoms. The van der Waals surface area contributed by atoms with Crippen LogP contribution in [0.4, 0.5) is 0 Å². The van der Waals surface area contributed by atoms with E-state index >= 15 is 0 Å². The molecular weight excluding hydrogens is 350 g/mol. The molecule has 1 aromatic carbocycles. The molecule has 3 atom stereocenters. The van der Waals surface area contributed by atoms with Gasteiger partial charge in [0.1, 0.15) is 0 Å². The SMILES string of the molecule is CCNC(=NCC1CC1c1ccccc1)N1CCC(OCC2CCCO2)CC1. The average Bonchev–Trinajstić information content (AvgIpc) is 3.33. The zero-order chi connectivity index (χ0) is 19.2. The van der Waals surface area contributed by atoms with Crippen LogP contribution in [-0.2, 0) is 9.47 Å². The van der Waals surface area contributed by atoms with Gasteiger partial charge in [-0.2, -0.15) is 0 Å². The first-order valence-corrected chi connectivity index (χ1v) is 11.1. The van der Waals surface area contributed by atoms with Gasteiger partial charge in [-0.25, -0.2) is 0 Å². The predicted molar refractivity (Wildman–Crippen MR) is 113 cm³/mol. The second-order valence-corrected chi connectivity index (χ2v) is 8.36. The standard InChI is InChI=1S/C23H35N3O2/c1-2-24-23(25-16-19-15-22(19)18-7-4-3-5-8-18)26-12-10-20(11-13-26)28-17-21-9-6-14-27-21/h3-5,7-8,19-22H,2,6,9-17H2,1H3,(H,24,25). The van der Waals surface area contributed by atoms with E-state index < -0.39 is 0 Å². The summed E-state index contributed by atoms with van der Waals surface area (Å²) in [4.78, 5) is 7.39. The van der Waals surface area contributed by atoms with E-state index in [1.54, 1.807) is 0 Å². The maximum atomic E-state index is 6.11. The number of rotatable bonds is 7. The third kappa shape index (κ3) is 5.26. The summed E-state index contributed by atoms with van der Waals surface area (Å²) >= 11 is 0. The molecule has 0 spiro atoms. The van der Waals surface area contributed by atoms with Crippen molar-refractivity contribution in [3.8, 4) is 0 Å². The quantitative estimate of drug-likeness (QED) is 0.577. The first-order valence-electron chi connectivity index (χ1n) is 11.1. The van der Waals surface area contributed by atoms with E-state index in [0.29, 0.717) is 24.0 Å². The van der Waals surface area contributed by atoms with Crippen molar-refractivity contribution < 1.29 is 9.47 Å². The van der Waals surface area contributed by atoms with Gasteiger partial charge in [0, 0.05) is 32.8 Å². The number of ether oxygens (including phenoxy) is 2. The monoisotopic (exact) mass is 385 g/mol. The molecule has 1 saturated carbocycles. The lowest BCUT2D eigenvalue weighted by molar-refractivity contribution is -0.0367. The summed E-state index contributed by atoms with van der Waals surface area (Å²) in [6, 6.07) is 10.9. The second-order valence-electron chi connectivity index (χ2n) is 8.36. The first kappa shape index (κ1) is 19.7. The molecule has 154 valence electrons. The summed E-state index contributed by atoms with van der Waals surface area (Å²) in [6.45, 7) is 7.71. The molecule has 28 heavy (non-hydrogen) atoms. The lowest BCUT2D eigenvalue weighted by Crippen LogP contribution is -2.47. The third-order valence-electron chi connectivity index (χ3n) is 6.24. The van der Waals surface area contributed by atoms with Crippen LogP contribution in [-0.4, -0.2) is 62.5 Å². The van der Waals surface area contributed by atoms with Gasteiger partial charge in [-0.1, -0.05) is 30.3 Å². The van der Waals surface area contributed by atoms with Crippen LogP contribution in [0.2, 0.25) is 0 Å². The minimum atomic E-state index is 0.327. The van der Waals surface area contributed by atoms with Crippen molar-refractivity contribution in [3.05, 3.63) is 35.9 Å². The summed E-state index contributed by atoms with van der Waals surface area (Å²) in [7, 11) is 0. The van der Waals surface area contributed by atoms with Crippen molar-refractivity contribution in [1.82, 2.24) is 10.2 Å². The maximum absolute atomic E-state index is 6.11. The summed E-state index contributed by atoms with van der Waals surface area (Å²) in [5.41, 5.74) is 1.47. The molecule has 4 rings (SSSR count). The molecule has 1 aromatic rings. The Balaban J connectivity index is 1.23. The molecule has 3 unspecified atom stereocenters. The molecule has 1 N–H and O–H groups in total. The summed E-state index contributed by atoms with van der Waals surface area (Å²) in [6.07, 6.45) is 6.46. The highest BCUT2D eigenvalue weighted by Crippen LogP contribution is 2.47. The van der Waals surface area contributed by atoms with E-state index in [-0.39, 0.29) is 0 Å². The number of hydrogen-bond acceptors (Lipinski definition) is 3. The normalized spacial score (nSPS) is 28.5. The Morgan fingerprint density at radius 2 is 2.04 bits per heavy atom. The van der Waals surface area contributed by atoms with Gasteiger partial charge in [-0.15, -0.1) is 0 Å². The minimum absolute atomic E-state index is 0.327. The average molecular weight is 386 g/mol. The van der Waals surface area contributed by atoms with Gasteiger partial charge in [-0.3, -0.25) is 4.99 Å². The Morgan fingerprint density at radius 3 is 2.75 bits per heavy atom. The van der Waals surface area contributed by atoms with Crippen LogP contribution in [0.5, 0.6) is 0 Å². The second kappa shape index (κ2) is 9.75. The van der Waals surface area contributed by atoms with E-state index in [4.69, 9.17) is 14.5 Å². The van der Waals surface area contributed by atoms with Crippen molar-refractivity contribution in [1.29, 1.82) is 0 Å². The maximum Gasteiger partial charge on any atom is 0.193 e. The van der Waals surface area contributed by atoms with E-state index in [0.717, 1.165) is 64.6 Å². The van der Waals surface area contributed by atoms with E-state index in [1.807, 2.05) is 0 Å². The van der Waals surface area contributed by atoms with Crippen molar-refractivity contribution >= 4 is 5.96 Å². The number of aliphatic imine (C=N–C) groups is 1. The largest absolute Gasteiger partial charge is 0.376 e. The molecule has 3 fully saturated rings. The predicted octanol–water partition coefficient (Wildman–Crippen LogP) is 3.42. The summed E-state index contributed by atoms with van der Waals surface area (Å²) in [5.74, 6) is 2.48. The molecule has 0 aromatic heterocycles. The number of guanidine groups is 1. The zero-order valence-electron chi connectivity index (χ0n) is 17.2. The molecular formula is C23H35N3O2. The van der Waals surface area contributed by atoms with Crippen LogP contribution >= 0.6 is 0 Å². The van der Waals surface area contributed by atoms with Crippen LogP contribution in [0.25, 0.3) is 0 Å². The van der Waals surface area contributed by atoms with Gasteiger partial charge in [0.2, 0.25) is 0 Å². The van der Waals surface area contributed by atoms with E-state index in [9.17, 15) is 0 Å². The van der Waals surface area contributed by atoms with Crippen molar-refractivity contribution in [2.75, 3.05) is 39.4 Å². The van der Waals surface area contributed by atoms with Crippen LogP contribution in [0.15, 0.2) is 35.3 Å². The molecule has 2 heterocycles. The lowest BCUT2D eigenvalue weighted by Gasteiger charge is -2.34. The van der Waals surface area contributed by atoms with Gasteiger partial charge in [0.15, 0.2) is 5.96 Å². The highest BCUT2D eigenvalue weighted by molar-refractivity contribution is 5.80. The van der Waals surface area contributed by atoms with Crippen LogP contribution < -0.4 is 5.32 Å². The fourth-order valence-electron chi connectivity index (χ4n) is 4.44. The van der Waals surface area contributed by atoms with Crippen LogP contribution in [0.1, 0.15) is 50.5 Å². The smallest absolute Gasteiger partial charge is 0.193 e. The number of benzene rings is 1. The minimum Gasteiger partial charge on any atom is -0.376 e. The molecule has 0 bridgehead atoms. The Labute approximate surface area is 169 Å². The molecule has 2 saturated heterocycles. The van der Waals surface area contributed by atoms with Gasteiger partial charge in [0.05, 0.1) is 18.8 Å². The zero-order valence-corrected chi connectivity index (χ0v) is 17.2. The van der Waals surface area contributed by atoms with Crippen LogP contribution in [0, 0.1) is 5.92 Å². The Morgan fingerprint density at radius 1 is 1.21 bits per heavy atom. The van der Waals surface area contributed by atoms with Crippen molar-refractivity contribution in [2.24, 2.45) is 10.9 Å². The van der Waals surface area contributed by atoms with Gasteiger partial charge in [0.25, 0.3) is 0 Å². The molecule has 0 amide bonds. The first-order chi connectivity index (χ1) is 13.8. The fraction of sp³-hybridized carbons (Fsp3) is 0.696. The Hall–Kier alpha value is -1.59. The summed E-state index contributed by atoms with van der Waals surface area (Å²) < 4.78 is 11.8. The molecule has 2 aliphatic heterocycles. The number of nitrogens with zero attached hydrogens (tertiary/aromatic N) is 2. The number of hydrogen-bond donors (Lipinski definition) is 1. The van der Waals surface area contributed by atoms with Gasteiger partial charge in [-0.05, 0) is 56.4 Å². The number of likely N-dealkylation sites (tertiary alicyclic amines) is 1. The molecule has 3 aliphatic rings. The number of piperidine rings is 1. The molecule has 1 aliphatic carbocycles.